The van der Waals surface area contributed by atoms with E-state index in [9.17, 15) is 5.11 Å². The van der Waals surface area contributed by atoms with Gasteiger partial charge in [-0.3, -0.25) is 4.98 Å². The molecule has 2 aromatic heterocycles. The van der Waals surface area contributed by atoms with Gasteiger partial charge in [0.15, 0.2) is 5.82 Å². The van der Waals surface area contributed by atoms with Crippen LogP contribution in [0.25, 0.3) is 11.5 Å². The summed E-state index contributed by atoms with van der Waals surface area (Å²) in [6, 6.07) is 5.74. The lowest BCUT2D eigenvalue weighted by atomic mass is 10.2. The van der Waals surface area contributed by atoms with Crippen molar-refractivity contribution in [2.24, 2.45) is 5.92 Å². The van der Waals surface area contributed by atoms with Crippen molar-refractivity contribution in [3.63, 3.8) is 0 Å². The molecular weight excluding hydrogens is 316 g/mol. The molecule has 0 amide bonds. The van der Waals surface area contributed by atoms with Crippen LogP contribution in [0.1, 0.15) is 30.5 Å². The van der Waals surface area contributed by atoms with E-state index in [1.54, 1.807) is 6.20 Å². The number of rotatable bonds is 8. The number of aromatic nitrogens is 3. The highest BCUT2D eigenvalue weighted by atomic mass is 16.5. The SMILES string of the molecule is O[C@H](CNc1nc(-c2ccccn2)nc2c1CCC2)COCC1CC1. The van der Waals surface area contributed by atoms with Gasteiger partial charge in [-0.2, -0.15) is 0 Å². The summed E-state index contributed by atoms with van der Waals surface area (Å²) in [7, 11) is 0. The molecule has 2 aliphatic rings. The first kappa shape index (κ1) is 16.4. The Bertz CT molecular complexity index is 719. The number of hydrogen-bond acceptors (Lipinski definition) is 6. The second-order valence-corrected chi connectivity index (χ2v) is 6.91. The van der Waals surface area contributed by atoms with Crippen LogP contribution in [-0.2, 0) is 17.6 Å². The van der Waals surface area contributed by atoms with Crippen molar-refractivity contribution in [1.82, 2.24) is 15.0 Å². The van der Waals surface area contributed by atoms with E-state index in [2.05, 4.69) is 20.3 Å². The molecular formula is C19H24N4O2. The third-order valence-corrected chi connectivity index (χ3v) is 4.69. The van der Waals surface area contributed by atoms with Crippen molar-refractivity contribution < 1.29 is 9.84 Å². The van der Waals surface area contributed by atoms with Gasteiger partial charge in [0, 0.05) is 30.6 Å². The van der Waals surface area contributed by atoms with Crippen molar-refractivity contribution in [2.75, 3.05) is 25.1 Å². The van der Waals surface area contributed by atoms with Crippen molar-refractivity contribution in [3.05, 3.63) is 35.7 Å². The summed E-state index contributed by atoms with van der Waals surface area (Å²) in [6.45, 7) is 1.56. The van der Waals surface area contributed by atoms with E-state index < -0.39 is 6.10 Å². The van der Waals surface area contributed by atoms with Gasteiger partial charge in [-0.1, -0.05) is 6.07 Å². The van der Waals surface area contributed by atoms with E-state index in [0.717, 1.165) is 43.1 Å². The Hall–Kier alpha value is -2.05. The molecule has 4 rings (SSSR count). The molecule has 6 nitrogen and oxygen atoms in total. The number of hydrogen-bond donors (Lipinski definition) is 2. The topological polar surface area (TPSA) is 80.2 Å². The van der Waals surface area contributed by atoms with Gasteiger partial charge in [0.1, 0.15) is 11.5 Å². The van der Waals surface area contributed by atoms with Crippen LogP contribution >= 0.6 is 0 Å². The van der Waals surface area contributed by atoms with Crippen LogP contribution in [0.5, 0.6) is 0 Å². The van der Waals surface area contributed by atoms with Crippen LogP contribution in [-0.4, -0.2) is 45.9 Å². The molecule has 1 saturated carbocycles. The fraction of sp³-hybridized carbons (Fsp3) is 0.526. The number of anilines is 1. The summed E-state index contributed by atoms with van der Waals surface area (Å²) in [5.41, 5.74) is 3.04. The number of fused-ring (bicyclic) bond motifs is 1. The monoisotopic (exact) mass is 340 g/mol. The molecule has 1 atom stereocenters. The number of pyridine rings is 1. The highest BCUT2D eigenvalue weighted by Gasteiger charge is 2.22. The predicted octanol–water partition coefficient (Wildman–Crippen LogP) is 2.23. The lowest BCUT2D eigenvalue weighted by Gasteiger charge is -2.15. The molecule has 0 aliphatic heterocycles. The Labute approximate surface area is 147 Å². The van der Waals surface area contributed by atoms with E-state index in [-0.39, 0.29) is 0 Å². The number of aliphatic hydroxyl groups is 1. The first-order chi connectivity index (χ1) is 12.3. The fourth-order valence-corrected chi connectivity index (χ4v) is 3.12. The average Bonchev–Trinajstić information content (AvgIpc) is 3.34. The lowest BCUT2D eigenvalue weighted by molar-refractivity contribution is 0.0385. The van der Waals surface area contributed by atoms with Crippen molar-refractivity contribution in [2.45, 2.75) is 38.2 Å². The molecule has 0 aromatic carbocycles. The Kier molecular flexibility index (Phi) is 4.90. The standard InChI is InChI=1S/C19H24N4O2/c24-14(12-25-11-13-7-8-13)10-21-18-15-4-3-6-16(15)22-19(23-18)17-5-1-2-9-20-17/h1-2,5,9,13-14,24H,3-4,6-8,10-12H2,(H,21,22,23)/t14-/m1/s1. The quantitative estimate of drug-likeness (QED) is 0.767. The summed E-state index contributed by atoms with van der Waals surface area (Å²) < 4.78 is 5.56. The molecule has 0 radical (unpaired) electrons. The zero-order chi connectivity index (χ0) is 17.1. The zero-order valence-corrected chi connectivity index (χ0v) is 14.3. The van der Waals surface area contributed by atoms with Crippen LogP contribution in [0.2, 0.25) is 0 Å². The minimum Gasteiger partial charge on any atom is -0.389 e. The predicted molar refractivity (Wildman–Crippen MR) is 95.3 cm³/mol. The van der Waals surface area contributed by atoms with E-state index >= 15 is 0 Å². The molecule has 2 heterocycles. The van der Waals surface area contributed by atoms with Gasteiger partial charge in [0.25, 0.3) is 0 Å². The number of nitrogens with one attached hydrogen (secondary N) is 1. The molecule has 0 saturated heterocycles. The van der Waals surface area contributed by atoms with Gasteiger partial charge < -0.3 is 15.2 Å². The van der Waals surface area contributed by atoms with Gasteiger partial charge in [0.05, 0.1) is 12.7 Å². The molecule has 132 valence electrons. The fourth-order valence-electron chi connectivity index (χ4n) is 3.12. The molecule has 0 bridgehead atoms. The Morgan fingerprint density at radius 1 is 1.24 bits per heavy atom. The minimum absolute atomic E-state index is 0.365. The largest absolute Gasteiger partial charge is 0.389 e. The van der Waals surface area contributed by atoms with Crippen molar-refractivity contribution in [3.8, 4) is 11.5 Å². The summed E-state index contributed by atoms with van der Waals surface area (Å²) in [4.78, 5) is 13.7. The molecule has 0 spiro atoms. The third-order valence-electron chi connectivity index (χ3n) is 4.69. The number of aliphatic hydroxyl groups excluding tert-OH is 1. The highest BCUT2D eigenvalue weighted by Crippen LogP contribution is 2.29. The normalized spacial score (nSPS) is 17.3. The van der Waals surface area contributed by atoms with Crippen LogP contribution in [0.4, 0.5) is 5.82 Å². The maximum atomic E-state index is 10.1. The molecule has 2 aliphatic carbocycles. The second kappa shape index (κ2) is 7.45. The Morgan fingerprint density at radius 3 is 2.96 bits per heavy atom. The third kappa shape index (κ3) is 4.14. The first-order valence-electron chi connectivity index (χ1n) is 9.10. The van der Waals surface area contributed by atoms with Crippen LogP contribution in [0.15, 0.2) is 24.4 Å². The Balaban J connectivity index is 1.43. The van der Waals surface area contributed by atoms with Crippen LogP contribution in [0.3, 0.4) is 0 Å². The Morgan fingerprint density at radius 2 is 2.16 bits per heavy atom. The van der Waals surface area contributed by atoms with E-state index in [1.165, 1.54) is 18.4 Å². The van der Waals surface area contributed by atoms with Gasteiger partial charge in [0.2, 0.25) is 0 Å². The van der Waals surface area contributed by atoms with E-state index in [1.807, 2.05) is 18.2 Å². The van der Waals surface area contributed by atoms with Crippen LogP contribution in [0, 0.1) is 5.92 Å². The van der Waals surface area contributed by atoms with Crippen molar-refractivity contribution in [1.29, 1.82) is 0 Å². The second-order valence-electron chi connectivity index (χ2n) is 6.91. The summed E-state index contributed by atoms with van der Waals surface area (Å²) in [5.74, 6) is 2.18. The van der Waals surface area contributed by atoms with Gasteiger partial charge >= 0.3 is 0 Å². The summed E-state index contributed by atoms with van der Waals surface area (Å²) in [6.07, 6.45) is 6.78. The lowest BCUT2D eigenvalue weighted by Crippen LogP contribution is -2.26. The first-order valence-corrected chi connectivity index (χ1v) is 9.10. The zero-order valence-electron chi connectivity index (χ0n) is 14.3. The summed E-state index contributed by atoms with van der Waals surface area (Å²) in [5, 5.41) is 13.4. The number of ether oxygens (including phenoxy) is 1. The van der Waals surface area contributed by atoms with Crippen LogP contribution < -0.4 is 5.32 Å². The minimum atomic E-state index is -0.538. The van der Waals surface area contributed by atoms with E-state index in [0.29, 0.717) is 24.9 Å². The molecule has 6 heteroatoms. The average molecular weight is 340 g/mol. The number of nitrogens with zero attached hydrogens (tertiary/aromatic N) is 3. The number of aryl methyl sites for hydroxylation is 1. The summed E-state index contributed by atoms with van der Waals surface area (Å²) >= 11 is 0. The maximum Gasteiger partial charge on any atom is 0.180 e. The van der Waals surface area contributed by atoms with E-state index in [4.69, 9.17) is 4.74 Å². The molecule has 2 aromatic rings. The maximum absolute atomic E-state index is 10.1. The molecule has 0 unspecified atom stereocenters. The van der Waals surface area contributed by atoms with Gasteiger partial charge in [-0.25, -0.2) is 9.97 Å². The smallest absolute Gasteiger partial charge is 0.180 e. The van der Waals surface area contributed by atoms with Gasteiger partial charge in [-0.05, 0) is 50.2 Å². The highest BCUT2D eigenvalue weighted by molar-refractivity contribution is 5.57. The molecule has 2 N–H and O–H groups in total. The van der Waals surface area contributed by atoms with Gasteiger partial charge in [-0.15, -0.1) is 0 Å². The molecule has 1 fully saturated rings. The van der Waals surface area contributed by atoms with Crippen molar-refractivity contribution >= 4 is 5.82 Å². The molecule has 25 heavy (non-hydrogen) atoms.